The van der Waals surface area contributed by atoms with Crippen LogP contribution in [0.3, 0.4) is 0 Å². The average molecular weight is 452 g/mol. The minimum absolute atomic E-state index is 0.0660. The Morgan fingerprint density at radius 1 is 0.800 bits per heavy atom. The maximum absolute atomic E-state index is 13.1. The number of nitro groups is 4. The second kappa shape index (κ2) is 7.74. The highest BCUT2D eigenvalue weighted by molar-refractivity contribution is 6.34. The minimum atomic E-state index is -5.28. The van der Waals surface area contributed by atoms with Crippen LogP contribution in [-0.4, -0.2) is 19.7 Å². The van der Waals surface area contributed by atoms with E-state index in [1.165, 1.54) is 0 Å². The van der Waals surface area contributed by atoms with E-state index in [0.29, 0.717) is 18.2 Å². The van der Waals surface area contributed by atoms with Crippen molar-refractivity contribution in [3.8, 4) is 0 Å². The van der Waals surface area contributed by atoms with E-state index in [9.17, 15) is 53.6 Å². The number of anilines is 2. The molecule has 2 aromatic rings. The normalized spacial score (nSPS) is 11.1. The molecule has 0 aromatic heterocycles. The Kier molecular flexibility index (Phi) is 5.73. The zero-order chi connectivity index (χ0) is 23.0. The van der Waals surface area contributed by atoms with Crippen LogP contribution in [0.1, 0.15) is 5.56 Å². The summed E-state index contributed by atoms with van der Waals surface area (Å²) in [4.78, 5) is 39.5. The SMILES string of the molecule is O=[N+]([O-])c1cc(Nc2c([N+](=O)[O-])cc(C(F)(F)F)c(Cl)c2[N+](=O)[O-])cc([N+](=O)[O-])c1. The van der Waals surface area contributed by atoms with Gasteiger partial charge in [-0.3, -0.25) is 40.5 Å². The molecule has 0 atom stereocenters. The molecule has 0 aliphatic heterocycles. The number of hydrogen-bond acceptors (Lipinski definition) is 9. The zero-order valence-electron chi connectivity index (χ0n) is 13.9. The standard InChI is InChI=1S/C13H5ClF3N5O8/c14-10-8(13(15,16)17)4-9(21(27)28)11(12(10)22(29)30)18-5-1-6(19(23)24)3-7(2-5)20(25)26/h1-4,18H. The van der Waals surface area contributed by atoms with Crippen molar-refractivity contribution >= 4 is 45.7 Å². The molecular formula is C13H5ClF3N5O8. The molecule has 1 N–H and O–H groups in total. The number of nitro benzene ring substituents is 4. The fourth-order valence-corrected chi connectivity index (χ4v) is 2.62. The molecule has 0 bridgehead atoms. The Bertz CT molecular complexity index is 1070. The molecule has 0 radical (unpaired) electrons. The van der Waals surface area contributed by atoms with Gasteiger partial charge in [0.05, 0.1) is 37.0 Å². The second-order valence-corrected chi connectivity index (χ2v) is 5.75. The van der Waals surface area contributed by atoms with Crippen LogP contribution < -0.4 is 5.32 Å². The molecule has 2 rings (SSSR count). The van der Waals surface area contributed by atoms with Gasteiger partial charge >= 0.3 is 17.6 Å². The molecule has 17 heteroatoms. The van der Waals surface area contributed by atoms with Gasteiger partial charge in [0.15, 0.2) is 5.69 Å². The van der Waals surface area contributed by atoms with Gasteiger partial charge < -0.3 is 5.32 Å². The van der Waals surface area contributed by atoms with E-state index in [1.807, 2.05) is 5.32 Å². The third-order valence-corrected chi connectivity index (χ3v) is 3.88. The van der Waals surface area contributed by atoms with Crippen LogP contribution in [0.5, 0.6) is 0 Å². The molecule has 0 saturated heterocycles. The summed E-state index contributed by atoms with van der Waals surface area (Å²) < 4.78 is 39.2. The first-order valence-corrected chi connectivity index (χ1v) is 7.55. The number of non-ortho nitro benzene ring substituents is 2. The molecule has 0 saturated carbocycles. The topological polar surface area (TPSA) is 185 Å². The Hall–Kier alpha value is -4.08. The summed E-state index contributed by atoms with van der Waals surface area (Å²) in [6.07, 6.45) is -5.28. The van der Waals surface area contributed by atoms with Gasteiger partial charge in [-0.2, -0.15) is 13.2 Å². The summed E-state index contributed by atoms with van der Waals surface area (Å²) in [5.74, 6) is 0. The summed E-state index contributed by atoms with van der Waals surface area (Å²) in [5, 5.41) is 44.9. The first-order chi connectivity index (χ1) is 13.7. The van der Waals surface area contributed by atoms with Crippen molar-refractivity contribution in [3.63, 3.8) is 0 Å². The van der Waals surface area contributed by atoms with Gasteiger partial charge in [0.2, 0.25) is 0 Å². The van der Waals surface area contributed by atoms with Crippen LogP contribution in [-0.2, 0) is 6.18 Å². The largest absolute Gasteiger partial charge is 0.418 e. The lowest BCUT2D eigenvalue weighted by Crippen LogP contribution is -2.11. The Balaban J connectivity index is 2.83. The molecule has 0 aliphatic rings. The predicted molar refractivity (Wildman–Crippen MR) is 92.8 cm³/mol. The molecule has 0 aliphatic carbocycles. The molecule has 0 spiro atoms. The number of nitrogens with one attached hydrogen (secondary N) is 1. The molecule has 2 aromatic carbocycles. The van der Waals surface area contributed by atoms with Gasteiger partial charge in [-0.05, 0) is 0 Å². The lowest BCUT2D eigenvalue weighted by molar-refractivity contribution is -0.394. The molecule has 0 amide bonds. The van der Waals surface area contributed by atoms with Crippen LogP contribution in [0.15, 0.2) is 24.3 Å². The van der Waals surface area contributed by atoms with Crippen molar-refractivity contribution in [2.45, 2.75) is 6.18 Å². The van der Waals surface area contributed by atoms with Gasteiger partial charge in [0.1, 0.15) is 5.02 Å². The van der Waals surface area contributed by atoms with Crippen LogP contribution in [0.2, 0.25) is 5.02 Å². The molecule has 13 nitrogen and oxygen atoms in total. The van der Waals surface area contributed by atoms with Crippen molar-refractivity contribution < 1.29 is 32.9 Å². The average Bonchev–Trinajstić information content (AvgIpc) is 2.59. The summed E-state index contributed by atoms with van der Waals surface area (Å²) >= 11 is 5.46. The maximum Gasteiger partial charge on any atom is 0.418 e. The predicted octanol–water partition coefficient (Wildman–Crippen LogP) is 4.74. The highest BCUT2D eigenvalue weighted by Crippen LogP contribution is 2.48. The van der Waals surface area contributed by atoms with Gasteiger partial charge in [-0.1, -0.05) is 11.6 Å². The summed E-state index contributed by atoms with van der Waals surface area (Å²) in [5.41, 5.74) is -8.35. The first-order valence-electron chi connectivity index (χ1n) is 7.17. The van der Waals surface area contributed by atoms with E-state index in [4.69, 9.17) is 11.6 Å². The molecule has 0 heterocycles. The van der Waals surface area contributed by atoms with Gasteiger partial charge in [-0.25, -0.2) is 0 Å². The van der Waals surface area contributed by atoms with E-state index in [1.54, 1.807) is 0 Å². The Labute approximate surface area is 166 Å². The fraction of sp³-hybridized carbons (Fsp3) is 0.0769. The quantitative estimate of drug-likeness (QED) is 0.478. The highest BCUT2D eigenvalue weighted by Gasteiger charge is 2.42. The van der Waals surface area contributed by atoms with Crippen molar-refractivity contribution in [3.05, 3.63) is 75.3 Å². The summed E-state index contributed by atoms with van der Waals surface area (Å²) in [6.45, 7) is 0. The maximum atomic E-state index is 13.1. The second-order valence-electron chi connectivity index (χ2n) is 5.37. The molecule has 30 heavy (non-hydrogen) atoms. The molecule has 0 unspecified atom stereocenters. The van der Waals surface area contributed by atoms with Crippen LogP contribution in [0, 0.1) is 40.5 Å². The minimum Gasteiger partial charge on any atom is -0.344 e. The van der Waals surface area contributed by atoms with E-state index in [-0.39, 0.29) is 6.07 Å². The lowest BCUT2D eigenvalue weighted by atomic mass is 10.1. The van der Waals surface area contributed by atoms with Crippen LogP contribution in [0.4, 0.5) is 47.3 Å². The van der Waals surface area contributed by atoms with Crippen LogP contribution in [0.25, 0.3) is 0 Å². The lowest BCUT2D eigenvalue weighted by Gasteiger charge is -2.13. The van der Waals surface area contributed by atoms with E-state index in [2.05, 4.69) is 0 Å². The monoisotopic (exact) mass is 451 g/mol. The van der Waals surface area contributed by atoms with E-state index >= 15 is 0 Å². The third kappa shape index (κ3) is 4.32. The molecule has 0 fully saturated rings. The van der Waals surface area contributed by atoms with Crippen molar-refractivity contribution in [1.82, 2.24) is 0 Å². The number of nitrogens with zero attached hydrogens (tertiary/aromatic N) is 4. The first kappa shape index (κ1) is 22.2. The zero-order valence-corrected chi connectivity index (χ0v) is 14.6. The van der Waals surface area contributed by atoms with Gasteiger partial charge in [-0.15, -0.1) is 0 Å². The van der Waals surface area contributed by atoms with E-state index < -0.39 is 70.6 Å². The Morgan fingerprint density at radius 2 is 1.30 bits per heavy atom. The third-order valence-electron chi connectivity index (χ3n) is 3.50. The number of rotatable bonds is 6. The van der Waals surface area contributed by atoms with Crippen molar-refractivity contribution in [2.24, 2.45) is 0 Å². The highest BCUT2D eigenvalue weighted by atomic mass is 35.5. The van der Waals surface area contributed by atoms with Crippen molar-refractivity contribution in [2.75, 3.05) is 5.32 Å². The molecular weight excluding hydrogens is 447 g/mol. The number of alkyl halides is 3. The molecule has 158 valence electrons. The fourth-order valence-electron chi connectivity index (χ4n) is 2.30. The summed E-state index contributed by atoms with van der Waals surface area (Å²) in [6, 6.07) is 1.73. The van der Waals surface area contributed by atoms with Gasteiger partial charge in [0, 0.05) is 18.2 Å². The number of hydrogen-bond donors (Lipinski definition) is 1. The number of halogens is 4. The van der Waals surface area contributed by atoms with Gasteiger partial charge in [0.25, 0.3) is 11.4 Å². The smallest absolute Gasteiger partial charge is 0.344 e. The summed E-state index contributed by atoms with van der Waals surface area (Å²) in [7, 11) is 0. The Morgan fingerprint density at radius 3 is 1.67 bits per heavy atom. The number of benzene rings is 2. The van der Waals surface area contributed by atoms with Crippen LogP contribution >= 0.6 is 11.6 Å². The van der Waals surface area contributed by atoms with E-state index in [0.717, 1.165) is 0 Å². The van der Waals surface area contributed by atoms with Crippen molar-refractivity contribution in [1.29, 1.82) is 0 Å².